The van der Waals surface area contributed by atoms with Gasteiger partial charge in [-0.15, -0.1) is 6.58 Å². The maximum absolute atomic E-state index is 10.5. The Morgan fingerprint density at radius 1 is 1.53 bits per heavy atom. The molecule has 1 fully saturated rings. The highest BCUT2D eigenvalue weighted by Crippen LogP contribution is 2.57. The molecular weight excluding hydrogens is 188 g/mol. The van der Waals surface area contributed by atoms with Gasteiger partial charge in [0.15, 0.2) is 0 Å². The van der Waals surface area contributed by atoms with Crippen LogP contribution in [0.4, 0.5) is 0 Å². The molecule has 0 aromatic heterocycles. The fraction of sp³-hybridized carbons (Fsp3) is 0.692. The minimum atomic E-state index is -0.773. The number of fused-ring (bicyclic) bond motifs is 2. The van der Waals surface area contributed by atoms with Crippen molar-refractivity contribution >= 4 is 0 Å². The van der Waals surface area contributed by atoms with Crippen LogP contribution < -0.4 is 0 Å². The first-order valence-corrected chi connectivity index (χ1v) is 5.50. The van der Waals surface area contributed by atoms with Gasteiger partial charge in [0.05, 0.1) is 11.2 Å². The monoisotopic (exact) mass is 208 g/mol. The molecule has 0 aliphatic heterocycles. The first-order chi connectivity index (χ1) is 6.89. The molecule has 15 heavy (non-hydrogen) atoms. The van der Waals surface area contributed by atoms with Crippen LogP contribution in [0.15, 0.2) is 24.8 Å². The number of hydrogen-bond donors (Lipinski definition) is 1. The Morgan fingerprint density at radius 3 is 2.67 bits per heavy atom. The predicted molar refractivity (Wildman–Crippen MR) is 60.5 cm³/mol. The van der Waals surface area contributed by atoms with Crippen LogP contribution >= 0.6 is 0 Å². The van der Waals surface area contributed by atoms with Gasteiger partial charge in [0.1, 0.15) is 0 Å². The first kappa shape index (κ1) is 10.9. The summed E-state index contributed by atoms with van der Waals surface area (Å²) >= 11 is 0. The van der Waals surface area contributed by atoms with E-state index < -0.39 is 5.60 Å². The third-order valence-electron chi connectivity index (χ3n) is 4.52. The van der Waals surface area contributed by atoms with Crippen LogP contribution in [0.1, 0.15) is 26.7 Å². The summed E-state index contributed by atoms with van der Waals surface area (Å²) in [6, 6.07) is 0. The summed E-state index contributed by atoms with van der Waals surface area (Å²) in [5, 5.41) is 10.5. The quantitative estimate of drug-likeness (QED) is 0.706. The van der Waals surface area contributed by atoms with Gasteiger partial charge in [-0.05, 0) is 19.8 Å². The molecule has 4 atom stereocenters. The zero-order valence-corrected chi connectivity index (χ0v) is 9.79. The highest BCUT2D eigenvalue weighted by Gasteiger charge is 2.58. The summed E-state index contributed by atoms with van der Waals surface area (Å²) in [5.74, 6) is 0.285. The molecule has 1 N–H and O–H groups in total. The fourth-order valence-electron chi connectivity index (χ4n) is 3.14. The number of hydrogen-bond acceptors (Lipinski definition) is 2. The largest absolute Gasteiger partial charge is 0.385 e. The Morgan fingerprint density at radius 2 is 2.20 bits per heavy atom. The van der Waals surface area contributed by atoms with Crippen molar-refractivity contribution < 1.29 is 9.84 Å². The third-order valence-corrected chi connectivity index (χ3v) is 4.52. The number of rotatable bonds is 2. The topological polar surface area (TPSA) is 29.5 Å². The van der Waals surface area contributed by atoms with Crippen molar-refractivity contribution in [2.45, 2.75) is 37.9 Å². The van der Waals surface area contributed by atoms with E-state index in [1.54, 1.807) is 13.2 Å². The van der Waals surface area contributed by atoms with E-state index in [0.717, 1.165) is 6.42 Å². The van der Waals surface area contributed by atoms with Crippen molar-refractivity contribution in [1.29, 1.82) is 0 Å². The van der Waals surface area contributed by atoms with E-state index >= 15 is 0 Å². The van der Waals surface area contributed by atoms with Crippen LogP contribution in [0.25, 0.3) is 0 Å². The van der Waals surface area contributed by atoms with Gasteiger partial charge in [-0.1, -0.05) is 25.2 Å². The fourth-order valence-corrected chi connectivity index (χ4v) is 3.14. The molecule has 2 bridgehead atoms. The lowest BCUT2D eigenvalue weighted by atomic mass is 9.52. The normalized spacial score (nSPS) is 53.2. The maximum atomic E-state index is 10.5. The number of methoxy groups -OCH3 is 1. The summed E-state index contributed by atoms with van der Waals surface area (Å²) in [5.41, 5.74) is -1.16. The molecule has 0 aromatic rings. The Balaban J connectivity index is 2.43. The molecule has 0 spiro atoms. The number of aliphatic hydroxyl groups is 1. The SMILES string of the molecule is C=C[C@]1(O)C[C@H]2C=C[C@]1(C)C[C@]2(C)OC. The van der Waals surface area contributed by atoms with Gasteiger partial charge >= 0.3 is 0 Å². The minimum absolute atomic E-state index is 0.140. The van der Waals surface area contributed by atoms with E-state index in [-0.39, 0.29) is 16.9 Å². The molecule has 2 nitrogen and oxygen atoms in total. The van der Waals surface area contributed by atoms with E-state index in [4.69, 9.17) is 4.74 Å². The molecule has 3 aliphatic carbocycles. The van der Waals surface area contributed by atoms with E-state index in [2.05, 4.69) is 32.6 Å². The van der Waals surface area contributed by atoms with Gasteiger partial charge in [-0.2, -0.15) is 0 Å². The molecule has 0 unspecified atom stereocenters. The van der Waals surface area contributed by atoms with Crippen LogP contribution in [-0.2, 0) is 4.74 Å². The molecule has 0 heterocycles. The average Bonchev–Trinajstić information content (AvgIpc) is 2.21. The first-order valence-electron chi connectivity index (χ1n) is 5.50. The van der Waals surface area contributed by atoms with Gasteiger partial charge in [-0.25, -0.2) is 0 Å². The van der Waals surface area contributed by atoms with E-state index in [1.165, 1.54) is 0 Å². The second-order valence-electron chi connectivity index (χ2n) is 5.41. The summed E-state index contributed by atoms with van der Waals surface area (Å²) in [4.78, 5) is 0. The Bertz CT molecular complexity index is 322. The molecule has 0 aromatic carbocycles. The van der Waals surface area contributed by atoms with Crippen LogP contribution in [-0.4, -0.2) is 23.4 Å². The minimum Gasteiger partial charge on any atom is -0.385 e. The molecule has 1 saturated carbocycles. The van der Waals surface area contributed by atoms with Gasteiger partial charge in [0.25, 0.3) is 0 Å². The highest BCUT2D eigenvalue weighted by molar-refractivity contribution is 5.28. The Kier molecular flexibility index (Phi) is 2.15. The van der Waals surface area contributed by atoms with Gasteiger partial charge in [-0.3, -0.25) is 0 Å². The molecule has 0 radical (unpaired) electrons. The average molecular weight is 208 g/mol. The van der Waals surface area contributed by atoms with Crippen LogP contribution in [0, 0.1) is 11.3 Å². The van der Waals surface area contributed by atoms with Crippen molar-refractivity contribution in [2.75, 3.05) is 7.11 Å². The van der Waals surface area contributed by atoms with Gasteiger partial charge in [0, 0.05) is 18.4 Å². The predicted octanol–water partition coefficient (Wildman–Crippen LogP) is 2.29. The third kappa shape index (κ3) is 1.25. The Hall–Kier alpha value is -0.600. The highest BCUT2D eigenvalue weighted by atomic mass is 16.5. The van der Waals surface area contributed by atoms with Crippen LogP contribution in [0.5, 0.6) is 0 Å². The van der Waals surface area contributed by atoms with Crippen LogP contribution in [0.2, 0.25) is 0 Å². The zero-order chi connectivity index (χ0) is 11.3. The molecule has 84 valence electrons. The van der Waals surface area contributed by atoms with Gasteiger partial charge < -0.3 is 9.84 Å². The molecular formula is C13H20O2. The van der Waals surface area contributed by atoms with Crippen molar-refractivity contribution in [1.82, 2.24) is 0 Å². The lowest BCUT2D eigenvalue weighted by molar-refractivity contribution is -0.161. The van der Waals surface area contributed by atoms with Crippen LogP contribution in [0.3, 0.4) is 0 Å². The molecule has 2 heteroatoms. The summed E-state index contributed by atoms with van der Waals surface area (Å²) in [6.45, 7) is 7.98. The van der Waals surface area contributed by atoms with Crippen molar-refractivity contribution in [2.24, 2.45) is 11.3 Å². The standard InChI is InChI=1S/C13H20O2/c1-5-13(14)8-10-6-7-11(13,2)9-12(10,3)15-4/h5-7,10,14H,1,8-9H2,2-4H3/t10-,11-,12+,13+/m1/s1. The van der Waals surface area contributed by atoms with Crippen molar-refractivity contribution in [3.8, 4) is 0 Å². The second-order valence-corrected chi connectivity index (χ2v) is 5.41. The van der Waals surface area contributed by atoms with E-state index in [9.17, 15) is 5.11 Å². The summed E-state index contributed by atoms with van der Waals surface area (Å²) in [7, 11) is 1.75. The molecule has 3 rings (SSSR count). The zero-order valence-electron chi connectivity index (χ0n) is 9.79. The smallest absolute Gasteiger partial charge is 0.0920 e. The van der Waals surface area contributed by atoms with Crippen molar-refractivity contribution in [3.63, 3.8) is 0 Å². The number of ether oxygens (including phenoxy) is 1. The lowest BCUT2D eigenvalue weighted by Crippen LogP contribution is -2.60. The van der Waals surface area contributed by atoms with E-state index in [1.807, 2.05) is 0 Å². The van der Waals surface area contributed by atoms with Crippen molar-refractivity contribution in [3.05, 3.63) is 24.8 Å². The molecule has 0 saturated heterocycles. The van der Waals surface area contributed by atoms with E-state index in [0.29, 0.717) is 6.42 Å². The lowest BCUT2D eigenvalue weighted by Gasteiger charge is -2.58. The summed E-state index contributed by atoms with van der Waals surface area (Å²) in [6.07, 6.45) is 7.57. The maximum Gasteiger partial charge on any atom is 0.0920 e. The Labute approximate surface area is 91.6 Å². The summed E-state index contributed by atoms with van der Waals surface area (Å²) < 4.78 is 5.62. The molecule has 0 amide bonds. The van der Waals surface area contributed by atoms with Gasteiger partial charge in [0.2, 0.25) is 0 Å². The second kappa shape index (κ2) is 2.96. The molecule has 3 aliphatic rings.